The van der Waals surface area contributed by atoms with E-state index in [0.29, 0.717) is 6.04 Å². The van der Waals surface area contributed by atoms with E-state index in [9.17, 15) is 14.4 Å². The van der Waals surface area contributed by atoms with Crippen LogP contribution in [0.4, 0.5) is 0 Å². The number of rotatable bonds is 5. The van der Waals surface area contributed by atoms with Gasteiger partial charge in [-0.2, -0.15) is 0 Å². The lowest BCUT2D eigenvalue weighted by atomic mass is 9.81. The summed E-state index contributed by atoms with van der Waals surface area (Å²) in [5.74, 6) is 0.266. The molecule has 6 nitrogen and oxygen atoms in total. The first kappa shape index (κ1) is 19.6. The summed E-state index contributed by atoms with van der Waals surface area (Å²) in [7, 11) is 0. The number of piperidine rings is 1. The van der Waals surface area contributed by atoms with E-state index in [1.807, 2.05) is 4.90 Å². The number of hydrogen-bond acceptors (Lipinski definition) is 4. The Hall–Kier alpha value is -1.14. The lowest BCUT2D eigenvalue weighted by molar-refractivity contribution is -0.147. The van der Waals surface area contributed by atoms with Gasteiger partial charge in [0.2, 0.25) is 17.7 Å². The Morgan fingerprint density at radius 1 is 0.923 bits per heavy atom. The number of likely N-dealkylation sites (tertiary alicyclic amines) is 2. The molecular weight excluding hydrogens is 354 g/mol. The molecule has 4 aliphatic rings. The van der Waals surface area contributed by atoms with Crippen LogP contribution in [0.2, 0.25) is 0 Å². The highest BCUT2D eigenvalue weighted by atomic mass is 35.5. The van der Waals surface area contributed by atoms with Crippen LogP contribution in [0.3, 0.4) is 0 Å². The second-order valence-corrected chi connectivity index (χ2v) is 8.27. The zero-order valence-corrected chi connectivity index (χ0v) is 16.1. The van der Waals surface area contributed by atoms with Gasteiger partial charge in [0.1, 0.15) is 6.54 Å². The second-order valence-electron chi connectivity index (χ2n) is 8.27. The van der Waals surface area contributed by atoms with Crippen molar-refractivity contribution in [1.29, 1.82) is 0 Å². The zero-order chi connectivity index (χ0) is 17.4. The van der Waals surface area contributed by atoms with Crippen molar-refractivity contribution in [2.45, 2.75) is 57.4 Å². The number of nitrogens with zero attached hydrogens (tertiary/aromatic N) is 2. The zero-order valence-electron chi connectivity index (χ0n) is 15.3. The summed E-state index contributed by atoms with van der Waals surface area (Å²) in [6.07, 6.45) is 8.27. The molecule has 0 aromatic heterocycles. The highest BCUT2D eigenvalue weighted by Gasteiger charge is 2.48. The molecule has 2 aliphatic carbocycles. The molecule has 2 atom stereocenters. The van der Waals surface area contributed by atoms with Gasteiger partial charge in [-0.25, -0.2) is 0 Å². The molecule has 7 heteroatoms. The maximum absolute atomic E-state index is 12.6. The summed E-state index contributed by atoms with van der Waals surface area (Å²) in [5, 5.41) is 3.61. The van der Waals surface area contributed by atoms with Gasteiger partial charge in [-0.3, -0.25) is 19.3 Å². The quantitative estimate of drug-likeness (QED) is 0.732. The lowest BCUT2D eigenvalue weighted by Gasteiger charge is -2.33. The Bertz CT molecular complexity index is 534. The van der Waals surface area contributed by atoms with Crippen LogP contribution in [0, 0.1) is 17.8 Å². The molecular formula is C19H30ClN3O3. The molecule has 26 heavy (non-hydrogen) atoms. The van der Waals surface area contributed by atoms with Gasteiger partial charge in [0.15, 0.2) is 0 Å². The fourth-order valence-electron chi connectivity index (χ4n) is 4.61. The Morgan fingerprint density at radius 2 is 1.50 bits per heavy atom. The first-order valence-corrected chi connectivity index (χ1v) is 10.00. The molecule has 2 aliphatic heterocycles. The van der Waals surface area contributed by atoms with Crippen molar-refractivity contribution in [2.75, 3.05) is 26.2 Å². The maximum Gasteiger partial charge on any atom is 0.242 e. The first-order valence-electron chi connectivity index (χ1n) is 10.00. The van der Waals surface area contributed by atoms with Crippen LogP contribution >= 0.6 is 12.4 Å². The van der Waals surface area contributed by atoms with Gasteiger partial charge in [0, 0.05) is 19.1 Å². The largest absolute Gasteiger partial charge is 0.341 e. The van der Waals surface area contributed by atoms with Crippen LogP contribution in [-0.2, 0) is 14.4 Å². The molecule has 0 aromatic rings. The van der Waals surface area contributed by atoms with Crippen molar-refractivity contribution < 1.29 is 14.4 Å². The van der Waals surface area contributed by atoms with Crippen molar-refractivity contribution in [1.82, 2.24) is 15.1 Å². The third kappa shape index (κ3) is 4.06. The molecule has 0 bridgehead atoms. The minimum atomic E-state index is -0.161. The van der Waals surface area contributed by atoms with Crippen LogP contribution in [-0.4, -0.2) is 59.7 Å². The molecule has 2 heterocycles. The van der Waals surface area contributed by atoms with Crippen molar-refractivity contribution in [3.63, 3.8) is 0 Å². The van der Waals surface area contributed by atoms with E-state index in [4.69, 9.17) is 0 Å². The average molecular weight is 384 g/mol. The molecule has 4 rings (SSSR count). The SMILES string of the molecule is Cl.O=C(CN1C(=O)C2CCCCC2C1=O)N1CCC(NCC2CC2)CC1. The van der Waals surface area contributed by atoms with Crippen LogP contribution in [0.15, 0.2) is 0 Å². The molecule has 0 aromatic carbocycles. The van der Waals surface area contributed by atoms with Gasteiger partial charge in [0.25, 0.3) is 0 Å². The van der Waals surface area contributed by atoms with Crippen LogP contribution in [0.25, 0.3) is 0 Å². The third-order valence-corrected chi connectivity index (χ3v) is 6.47. The molecule has 2 saturated carbocycles. The fourth-order valence-corrected chi connectivity index (χ4v) is 4.61. The Labute approximate surface area is 161 Å². The Morgan fingerprint density at radius 3 is 2.04 bits per heavy atom. The highest BCUT2D eigenvalue weighted by molar-refractivity contribution is 6.07. The number of imide groups is 1. The summed E-state index contributed by atoms with van der Waals surface area (Å²) in [5.41, 5.74) is 0. The van der Waals surface area contributed by atoms with E-state index in [1.165, 1.54) is 17.7 Å². The second kappa shape index (κ2) is 8.26. The summed E-state index contributed by atoms with van der Waals surface area (Å²) < 4.78 is 0. The number of nitrogens with one attached hydrogen (secondary N) is 1. The van der Waals surface area contributed by atoms with Crippen LogP contribution in [0.1, 0.15) is 51.4 Å². The van der Waals surface area contributed by atoms with Crippen LogP contribution < -0.4 is 5.32 Å². The third-order valence-electron chi connectivity index (χ3n) is 6.47. The molecule has 146 valence electrons. The van der Waals surface area contributed by atoms with E-state index >= 15 is 0 Å². The summed E-state index contributed by atoms with van der Waals surface area (Å²) in [6, 6.07) is 0.502. The number of amides is 3. The minimum absolute atomic E-state index is 0. The molecule has 0 radical (unpaired) electrons. The Kier molecular flexibility index (Phi) is 6.23. The number of carbonyl (C=O) groups excluding carboxylic acids is 3. The van der Waals surface area contributed by atoms with E-state index in [1.54, 1.807) is 0 Å². The fraction of sp³-hybridized carbons (Fsp3) is 0.842. The van der Waals surface area contributed by atoms with E-state index in [0.717, 1.165) is 64.1 Å². The van der Waals surface area contributed by atoms with Crippen LogP contribution in [0.5, 0.6) is 0 Å². The van der Waals surface area contributed by atoms with Crippen molar-refractivity contribution >= 4 is 30.1 Å². The smallest absolute Gasteiger partial charge is 0.242 e. The van der Waals surface area contributed by atoms with Gasteiger partial charge in [-0.1, -0.05) is 12.8 Å². The van der Waals surface area contributed by atoms with E-state index in [2.05, 4.69) is 5.32 Å². The highest BCUT2D eigenvalue weighted by Crippen LogP contribution is 2.38. The summed E-state index contributed by atoms with van der Waals surface area (Å²) in [4.78, 5) is 40.7. The standard InChI is InChI=1S/C19H29N3O3.ClH/c23-17(21-9-7-14(8-10-21)20-11-13-5-6-13)12-22-18(24)15-3-1-2-4-16(15)19(22)25;/h13-16,20H,1-12H2;1H. The molecule has 1 N–H and O–H groups in total. The van der Waals surface area contributed by atoms with Gasteiger partial charge in [0.05, 0.1) is 11.8 Å². The summed E-state index contributed by atoms with van der Waals surface area (Å²) >= 11 is 0. The van der Waals surface area contributed by atoms with Crippen molar-refractivity contribution in [2.24, 2.45) is 17.8 Å². The molecule has 4 fully saturated rings. The van der Waals surface area contributed by atoms with Gasteiger partial charge in [-0.05, 0) is 51.0 Å². The predicted octanol–water partition coefficient (Wildman–Crippen LogP) is 1.57. The molecule has 3 amide bonds. The van der Waals surface area contributed by atoms with E-state index < -0.39 is 0 Å². The predicted molar refractivity (Wildman–Crippen MR) is 99.7 cm³/mol. The average Bonchev–Trinajstić information content (AvgIpc) is 3.44. The van der Waals surface area contributed by atoms with Gasteiger partial charge >= 0.3 is 0 Å². The normalized spacial score (nSPS) is 29.5. The molecule has 2 saturated heterocycles. The number of carbonyl (C=O) groups is 3. The van der Waals surface area contributed by atoms with Gasteiger partial charge in [-0.15, -0.1) is 12.4 Å². The topological polar surface area (TPSA) is 69.7 Å². The minimum Gasteiger partial charge on any atom is -0.341 e. The molecule has 2 unspecified atom stereocenters. The first-order chi connectivity index (χ1) is 12.1. The Balaban J connectivity index is 0.00000196. The summed E-state index contributed by atoms with van der Waals surface area (Å²) in [6.45, 7) is 2.51. The van der Waals surface area contributed by atoms with E-state index in [-0.39, 0.29) is 48.5 Å². The number of hydrogen-bond donors (Lipinski definition) is 1. The van der Waals surface area contributed by atoms with Gasteiger partial charge < -0.3 is 10.2 Å². The monoisotopic (exact) mass is 383 g/mol. The van der Waals surface area contributed by atoms with Crippen molar-refractivity contribution in [3.8, 4) is 0 Å². The number of fused-ring (bicyclic) bond motifs is 1. The number of halogens is 1. The maximum atomic E-state index is 12.6. The molecule has 0 spiro atoms. The van der Waals surface area contributed by atoms with Crippen molar-refractivity contribution in [3.05, 3.63) is 0 Å². The lowest BCUT2D eigenvalue weighted by Crippen LogP contribution is -2.49.